The van der Waals surface area contributed by atoms with Crippen molar-refractivity contribution in [3.05, 3.63) is 0 Å². The van der Waals surface area contributed by atoms with Crippen molar-refractivity contribution in [2.75, 3.05) is 13.2 Å². The van der Waals surface area contributed by atoms with E-state index in [1.165, 1.54) is 0 Å². The molecule has 1 atom stereocenters. The molecule has 2 saturated heterocycles. The Bertz CT molecular complexity index is 323. The van der Waals surface area contributed by atoms with E-state index in [1.807, 2.05) is 0 Å². The van der Waals surface area contributed by atoms with Crippen LogP contribution in [0.5, 0.6) is 0 Å². The van der Waals surface area contributed by atoms with Crippen molar-refractivity contribution in [2.24, 2.45) is 0 Å². The largest absolute Gasteiger partial charge is 0.352 e. The van der Waals surface area contributed by atoms with E-state index in [-0.39, 0.29) is 11.9 Å². The van der Waals surface area contributed by atoms with Crippen LogP contribution in [0.25, 0.3) is 0 Å². The molecule has 4 heteroatoms. The van der Waals surface area contributed by atoms with Crippen molar-refractivity contribution in [1.82, 2.24) is 5.32 Å². The highest BCUT2D eigenvalue weighted by molar-refractivity contribution is 5.76. The van der Waals surface area contributed by atoms with Gasteiger partial charge in [0.1, 0.15) is 0 Å². The van der Waals surface area contributed by atoms with E-state index in [0.29, 0.717) is 38.9 Å². The van der Waals surface area contributed by atoms with Crippen molar-refractivity contribution in [3.63, 3.8) is 0 Å². The zero-order valence-electron chi connectivity index (χ0n) is 9.54. The molecule has 4 nitrogen and oxygen atoms in total. The first-order valence-electron chi connectivity index (χ1n) is 5.71. The molecule has 2 aliphatic rings. The van der Waals surface area contributed by atoms with Gasteiger partial charge in [0.25, 0.3) is 0 Å². The number of ether oxygens (including phenoxy) is 2. The number of carbonyl (C=O) groups excluding carboxylic acids is 1. The summed E-state index contributed by atoms with van der Waals surface area (Å²) in [5.74, 6) is 5.37. The fraction of sp³-hybridized carbons (Fsp3) is 0.750. The van der Waals surface area contributed by atoms with Gasteiger partial charge in [-0.3, -0.25) is 4.79 Å². The normalized spacial score (nSPS) is 28.1. The fourth-order valence-electron chi connectivity index (χ4n) is 2.24. The third-order valence-corrected chi connectivity index (χ3v) is 2.99. The van der Waals surface area contributed by atoms with Crippen molar-refractivity contribution < 1.29 is 14.3 Å². The van der Waals surface area contributed by atoms with Gasteiger partial charge in [-0.15, -0.1) is 11.8 Å². The molecule has 0 radical (unpaired) electrons. The third-order valence-electron chi connectivity index (χ3n) is 2.99. The Balaban J connectivity index is 2.05. The van der Waals surface area contributed by atoms with Crippen molar-refractivity contribution in [2.45, 2.75) is 44.4 Å². The van der Waals surface area contributed by atoms with E-state index >= 15 is 0 Å². The van der Waals surface area contributed by atoms with Crippen molar-refractivity contribution in [1.29, 1.82) is 0 Å². The van der Waals surface area contributed by atoms with Crippen LogP contribution >= 0.6 is 0 Å². The standard InChI is InChI=1S/C12H17NO3/c1-2-3-4-10-9-12(15-7-8-16-12)6-5-11(14)13-10/h10H,4-9H2,1H3,(H,13,14). The smallest absolute Gasteiger partial charge is 0.220 e. The number of nitrogens with one attached hydrogen (secondary N) is 1. The summed E-state index contributed by atoms with van der Waals surface area (Å²) in [5.41, 5.74) is 0. The number of hydrogen-bond acceptors (Lipinski definition) is 3. The first kappa shape index (κ1) is 11.4. The molecule has 2 heterocycles. The van der Waals surface area contributed by atoms with Gasteiger partial charge in [-0.2, -0.15) is 0 Å². The fourth-order valence-corrected chi connectivity index (χ4v) is 2.24. The maximum atomic E-state index is 11.5. The van der Waals surface area contributed by atoms with Gasteiger partial charge >= 0.3 is 0 Å². The van der Waals surface area contributed by atoms with Gasteiger partial charge in [0.05, 0.1) is 13.2 Å². The van der Waals surface area contributed by atoms with Gasteiger partial charge in [0.2, 0.25) is 5.91 Å². The lowest BCUT2D eigenvalue weighted by Crippen LogP contribution is -2.38. The SMILES string of the molecule is CC#CCC1CC2(CCC(=O)N1)OCCO2. The Morgan fingerprint density at radius 1 is 1.50 bits per heavy atom. The van der Waals surface area contributed by atoms with E-state index in [4.69, 9.17) is 9.47 Å². The van der Waals surface area contributed by atoms with E-state index in [2.05, 4.69) is 17.2 Å². The highest BCUT2D eigenvalue weighted by Crippen LogP contribution is 2.32. The summed E-state index contributed by atoms with van der Waals surface area (Å²) in [6, 6.07) is 0.0422. The van der Waals surface area contributed by atoms with Gasteiger partial charge < -0.3 is 14.8 Å². The second-order valence-corrected chi connectivity index (χ2v) is 4.21. The molecule has 0 aromatic rings. The molecule has 1 N–H and O–H groups in total. The Morgan fingerprint density at radius 3 is 2.94 bits per heavy atom. The number of rotatable bonds is 1. The minimum absolute atomic E-state index is 0.0422. The lowest BCUT2D eigenvalue weighted by molar-refractivity contribution is -0.167. The van der Waals surface area contributed by atoms with Crippen LogP contribution in [0.2, 0.25) is 0 Å². The van der Waals surface area contributed by atoms with E-state index < -0.39 is 5.79 Å². The highest BCUT2D eigenvalue weighted by atomic mass is 16.7. The predicted octanol–water partition coefficient (Wildman–Crippen LogP) is 0.812. The van der Waals surface area contributed by atoms with Crippen molar-refractivity contribution >= 4 is 5.91 Å². The van der Waals surface area contributed by atoms with Crippen LogP contribution in [0.1, 0.15) is 32.6 Å². The minimum Gasteiger partial charge on any atom is -0.352 e. The molecule has 2 rings (SSSR count). The first-order valence-corrected chi connectivity index (χ1v) is 5.71. The molecule has 1 spiro atoms. The maximum Gasteiger partial charge on any atom is 0.220 e. The Kier molecular flexibility index (Phi) is 3.47. The molecule has 0 aromatic carbocycles. The summed E-state index contributed by atoms with van der Waals surface area (Å²) in [6.07, 6.45) is 2.48. The van der Waals surface area contributed by atoms with Crippen LogP contribution in [0.3, 0.4) is 0 Å². The number of amides is 1. The number of carbonyl (C=O) groups is 1. The quantitative estimate of drug-likeness (QED) is 0.669. The molecule has 1 unspecified atom stereocenters. The summed E-state index contributed by atoms with van der Waals surface area (Å²) in [6.45, 7) is 3.05. The summed E-state index contributed by atoms with van der Waals surface area (Å²) >= 11 is 0. The summed E-state index contributed by atoms with van der Waals surface area (Å²) < 4.78 is 11.3. The van der Waals surface area contributed by atoms with Gasteiger partial charge in [-0.05, 0) is 6.92 Å². The molecule has 16 heavy (non-hydrogen) atoms. The van der Waals surface area contributed by atoms with Gasteiger partial charge in [-0.25, -0.2) is 0 Å². The van der Waals surface area contributed by atoms with Gasteiger partial charge in [0.15, 0.2) is 5.79 Å². The predicted molar refractivity (Wildman–Crippen MR) is 58.5 cm³/mol. The summed E-state index contributed by atoms with van der Waals surface area (Å²) in [5, 5.41) is 2.96. The molecule has 2 fully saturated rings. The zero-order valence-corrected chi connectivity index (χ0v) is 9.54. The molecule has 0 bridgehead atoms. The molecule has 0 aliphatic carbocycles. The van der Waals surface area contributed by atoms with Gasteiger partial charge in [-0.1, -0.05) is 0 Å². The molecular weight excluding hydrogens is 206 g/mol. The van der Waals surface area contributed by atoms with Crippen LogP contribution in [0.15, 0.2) is 0 Å². The van der Waals surface area contributed by atoms with Crippen LogP contribution in [-0.2, 0) is 14.3 Å². The van der Waals surface area contributed by atoms with Crippen LogP contribution in [0.4, 0.5) is 0 Å². The molecule has 2 aliphatic heterocycles. The molecule has 1 amide bonds. The average Bonchev–Trinajstić information content (AvgIpc) is 2.65. The van der Waals surface area contributed by atoms with Crippen molar-refractivity contribution in [3.8, 4) is 11.8 Å². The maximum absolute atomic E-state index is 11.5. The van der Waals surface area contributed by atoms with Crippen LogP contribution in [-0.4, -0.2) is 30.9 Å². The van der Waals surface area contributed by atoms with Gasteiger partial charge in [0, 0.05) is 31.7 Å². The monoisotopic (exact) mass is 223 g/mol. The van der Waals surface area contributed by atoms with Crippen LogP contribution < -0.4 is 5.32 Å². The second-order valence-electron chi connectivity index (χ2n) is 4.21. The Labute approximate surface area is 95.7 Å². The Hall–Kier alpha value is -1.05. The lowest BCUT2D eigenvalue weighted by atomic mass is 10.0. The topological polar surface area (TPSA) is 47.6 Å². The summed E-state index contributed by atoms with van der Waals surface area (Å²) in [4.78, 5) is 11.5. The summed E-state index contributed by atoms with van der Waals surface area (Å²) in [7, 11) is 0. The second kappa shape index (κ2) is 4.86. The third kappa shape index (κ3) is 2.55. The highest BCUT2D eigenvalue weighted by Gasteiger charge is 2.41. The minimum atomic E-state index is -0.542. The molecule has 0 aromatic heterocycles. The Morgan fingerprint density at radius 2 is 2.25 bits per heavy atom. The zero-order chi connectivity index (χ0) is 11.4. The first-order chi connectivity index (χ1) is 7.74. The van der Waals surface area contributed by atoms with E-state index in [1.54, 1.807) is 6.92 Å². The lowest BCUT2D eigenvalue weighted by Gasteiger charge is -2.27. The van der Waals surface area contributed by atoms with Crippen LogP contribution in [0, 0.1) is 11.8 Å². The van der Waals surface area contributed by atoms with E-state index in [9.17, 15) is 4.79 Å². The molecular formula is C12H17NO3. The number of hydrogen-bond donors (Lipinski definition) is 1. The molecule has 88 valence electrons. The average molecular weight is 223 g/mol. The molecule has 0 saturated carbocycles. The van der Waals surface area contributed by atoms with E-state index in [0.717, 1.165) is 0 Å².